The molecule has 0 saturated heterocycles. The zero-order valence-corrected chi connectivity index (χ0v) is 16.5. The monoisotopic (exact) mass is 408 g/mol. The van der Waals surface area contributed by atoms with E-state index in [9.17, 15) is 19.2 Å². The van der Waals surface area contributed by atoms with Gasteiger partial charge in [0.25, 0.3) is 11.8 Å². The van der Waals surface area contributed by atoms with E-state index in [1.165, 1.54) is 19.2 Å². The summed E-state index contributed by atoms with van der Waals surface area (Å²) < 4.78 is 19.9. The van der Waals surface area contributed by atoms with E-state index in [1.807, 2.05) is 6.92 Å². The lowest BCUT2D eigenvalue weighted by Gasteiger charge is -2.21. The third kappa shape index (κ3) is 6.09. The Bertz CT molecular complexity index is 779. The average Bonchev–Trinajstić information content (AvgIpc) is 3.21. The summed E-state index contributed by atoms with van der Waals surface area (Å²) >= 11 is 0. The number of hydrogen-bond donors (Lipinski definition) is 2. The minimum absolute atomic E-state index is 0.0860. The summed E-state index contributed by atoms with van der Waals surface area (Å²) in [6.07, 6.45) is 0.645. The van der Waals surface area contributed by atoms with Crippen LogP contribution in [-0.2, 0) is 23.9 Å². The molecule has 0 aromatic heterocycles. The van der Waals surface area contributed by atoms with Crippen molar-refractivity contribution in [3.05, 3.63) is 23.8 Å². The number of carbonyl (C=O) groups excluding carboxylic acids is 4. The fraction of sp³-hybridized carbons (Fsp3) is 0.474. The van der Waals surface area contributed by atoms with Crippen LogP contribution in [0.3, 0.4) is 0 Å². The molecule has 0 unspecified atom stereocenters. The molecule has 0 spiro atoms. The van der Waals surface area contributed by atoms with Crippen LogP contribution in [0.25, 0.3) is 0 Å². The summed E-state index contributed by atoms with van der Waals surface area (Å²) in [5.41, 5.74) is 0.286. The van der Waals surface area contributed by atoms with Gasteiger partial charge in [-0.1, -0.05) is 20.3 Å². The van der Waals surface area contributed by atoms with Crippen molar-refractivity contribution in [2.45, 2.75) is 26.3 Å². The number of fused-ring (bicyclic) bond motifs is 1. The fourth-order valence-electron chi connectivity index (χ4n) is 2.50. The van der Waals surface area contributed by atoms with Gasteiger partial charge in [0.1, 0.15) is 12.6 Å². The molecule has 0 radical (unpaired) electrons. The lowest BCUT2D eigenvalue weighted by Crippen LogP contribution is -2.47. The maximum Gasteiger partial charge on any atom is 0.328 e. The molecule has 2 atom stereocenters. The van der Waals surface area contributed by atoms with Crippen LogP contribution in [0.4, 0.5) is 0 Å². The van der Waals surface area contributed by atoms with Gasteiger partial charge < -0.3 is 29.6 Å². The van der Waals surface area contributed by atoms with Crippen LogP contribution in [0.15, 0.2) is 18.2 Å². The highest BCUT2D eigenvalue weighted by Crippen LogP contribution is 2.32. The topological polar surface area (TPSA) is 129 Å². The SMILES string of the molecule is CC[C@H](C)[C@@H](NC(=O)COC(=O)CNC(=O)c1ccc2c(c1)OCO2)C(=O)OC. The van der Waals surface area contributed by atoms with E-state index in [4.69, 9.17) is 14.2 Å². The second-order valence-corrected chi connectivity index (χ2v) is 6.37. The largest absolute Gasteiger partial charge is 0.467 e. The minimum atomic E-state index is -0.832. The van der Waals surface area contributed by atoms with E-state index < -0.39 is 42.9 Å². The predicted molar refractivity (Wildman–Crippen MR) is 99.3 cm³/mol. The highest BCUT2D eigenvalue weighted by molar-refractivity contribution is 5.96. The van der Waals surface area contributed by atoms with Gasteiger partial charge in [0.15, 0.2) is 18.1 Å². The van der Waals surface area contributed by atoms with E-state index in [1.54, 1.807) is 13.0 Å². The first-order valence-electron chi connectivity index (χ1n) is 9.06. The van der Waals surface area contributed by atoms with Gasteiger partial charge >= 0.3 is 11.9 Å². The van der Waals surface area contributed by atoms with Crippen LogP contribution in [0.5, 0.6) is 11.5 Å². The molecule has 1 aromatic carbocycles. The first-order valence-corrected chi connectivity index (χ1v) is 9.06. The third-order valence-electron chi connectivity index (χ3n) is 4.38. The molecule has 2 rings (SSSR count). The highest BCUT2D eigenvalue weighted by Gasteiger charge is 2.27. The van der Waals surface area contributed by atoms with E-state index in [2.05, 4.69) is 15.4 Å². The van der Waals surface area contributed by atoms with Crippen molar-refractivity contribution in [2.24, 2.45) is 5.92 Å². The molecule has 2 amide bonds. The van der Waals surface area contributed by atoms with E-state index in [0.29, 0.717) is 17.9 Å². The first-order chi connectivity index (χ1) is 13.8. The van der Waals surface area contributed by atoms with Crippen molar-refractivity contribution in [3.63, 3.8) is 0 Å². The minimum Gasteiger partial charge on any atom is -0.467 e. The number of nitrogens with one attached hydrogen (secondary N) is 2. The molecule has 10 heteroatoms. The van der Waals surface area contributed by atoms with Crippen molar-refractivity contribution < 1.29 is 38.1 Å². The smallest absolute Gasteiger partial charge is 0.328 e. The predicted octanol–water partition coefficient (Wildman–Crippen LogP) is 0.392. The van der Waals surface area contributed by atoms with Crippen molar-refractivity contribution >= 4 is 23.8 Å². The molecule has 0 aliphatic carbocycles. The fourth-order valence-corrected chi connectivity index (χ4v) is 2.50. The Labute approximate surface area is 167 Å². The molecular weight excluding hydrogens is 384 g/mol. The van der Waals surface area contributed by atoms with Crippen LogP contribution in [0.2, 0.25) is 0 Å². The summed E-state index contributed by atoms with van der Waals surface area (Å²) in [4.78, 5) is 47.6. The Morgan fingerprint density at radius 1 is 1.17 bits per heavy atom. The second-order valence-electron chi connectivity index (χ2n) is 6.37. The molecule has 29 heavy (non-hydrogen) atoms. The number of methoxy groups -OCH3 is 1. The molecule has 0 fully saturated rings. The zero-order chi connectivity index (χ0) is 21.4. The van der Waals surface area contributed by atoms with Gasteiger partial charge in [-0.05, 0) is 24.1 Å². The van der Waals surface area contributed by atoms with Crippen LogP contribution in [-0.4, -0.2) is 56.8 Å². The number of rotatable bonds is 9. The number of esters is 2. The molecule has 0 bridgehead atoms. The summed E-state index contributed by atoms with van der Waals surface area (Å²) in [6, 6.07) is 3.79. The maximum atomic E-state index is 12.1. The highest BCUT2D eigenvalue weighted by atomic mass is 16.7. The molecule has 1 aliphatic heterocycles. The molecule has 1 heterocycles. The van der Waals surface area contributed by atoms with Gasteiger partial charge in [0.05, 0.1) is 7.11 Å². The average molecular weight is 408 g/mol. The van der Waals surface area contributed by atoms with Gasteiger partial charge in [-0.15, -0.1) is 0 Å². The standard InChI is InChI=1S/C19H24N2O8/c1-4-11(2)17(19(25)26-3)21-15(22)9-27-16(23)8-20-18(24)12-5-6-13-14(7-12)29-10-28-13/h5-7,11,17H,4,8-10H2,1-3H3,(H,20,24)(H,21,22)/t11-,17+/m0/s1. The van der Waals surface area contributed by atoms with Gasteiger partial charge in [-0.25, -0.2) is 4.79 Å². The lowest BCUT2D eigenvalue weighted by molar-refractivity contribution is -0.150. The zero-order valence-electron chi connectivity index (χ0n) is 16.5. The van der Waals surface area contributed by atoms with Crippen molar-refractivity contribution in [3.8, 4) is 11.5 Å². The number of benzene rings is 1. The Balaban J connectivity index is 1.76. The quantitative estimate of drug-likeness (QED) is 0.562. The molecule has 2 N–H and O–H groups in total. The Morgan fingerprint density at radius 3 is 2.59 bits per heavy atom. The molecule has 10 nitrogen and oxygen atoms in total. The maximum absolute atomic E-state index is 12.1. The third-order valence-corrected chi connectivity index (χ3v) is 4.38. The number of ether oxygens (including phenoxy) is 4. The van der Waals surface area contributed by atoms with Crippen LogP contribution in [0, 0.1) is 5.92 Å². The van der Waals surface area contributed by atoms with Crippen molar-refractivity contribution in [2.75, 3.05) is 27.1 Å². The van der Waals surface area contributed by atoms with E-state index in [0.717, 1.165) is 0 Å². The van der Waals surface area contributed by atoms with Crippen molar-refractivity contribution in [1.82, 2.24) is 10.6 Å². The van der Waals surface area contributed by atoms with Crippen LogP contribution in [0.1, 0.15) is 30.6 Å². The van der Waals surface area contributed by atoms with E-state index in [-0.39, 0.29) is 18.3 Å². The molecule has 1 aliphatic rings. The van der Waals surface area contributed by atoms with Crippen LogP contribution >= 0.6 is 0 Å². The second kappa shape index (κ2) is 10.3. The van der Waals surface area contributed by atoms with Crippen molar-refractivity contribution in [1.29, 1.82) is 0 Å². The number of hydrogen-bond acceptors (Lipinski definition) is 8. The summed E-state index contributed by atoms with van der Waals surface area (Å²) in [5, 5.41) is 4.88. The lowest BCUT2D eigenvalue weighted by atomic mass is 9.99. The molecule has 158 valence electrons. The Hall–Kier alpha value is -3.30. The van der Waals surface area contributed by atoms with E-state index >= 15 is 0 Å². The van der Waals surface area contributed by atoms with Gasteiger partial charge in [-0.2, -0.15) is 0 Å². The number of amides is 2. The number of carbonyl (C=O) groups is 4. The first kappa shape index (κ1) is 22.0. The van der Waals surface area contributed by atoms with Gasteiger partial charge in [0, 0.05) is 5.56 Å². The summed E-state index contributed by atoms with van der Waals surface area (Å²) in [7, 11) is 1.23. The van der Waals surface area contributed by atoms with Crippen LogP contribution < -0.4 is 20.1 Å². The Morgan fingerprint density at radius 2 is 1.90 bits per heavy atom. The summed E-state index contributed by atoms with van der Waals surface area (Å²) in [5.74, 6) is -1.69. The normalized spacial score (nSPS) is 13.8. The Kier molecular flexibility index (Phi) is 7.81. The van der Waals surface area contributed by atoms with Gasteiger partial charge in [0.2, 0.25) is 6.79 Å². The molecule has 1 aromatic rings. The molecular formula is C19H24N2O8. The van der Waals surface area contributed by atoms with Gasteiger partial charge in [-0.3, -0.25) is 14.4 Å². The summed E-state index contributed by atoms with van der Waals surface area (Å²) in [6.45, 7) is 2.74. The molecule has 0 saturated carbocycles.